The van der Waals surface area contributed by atoms with Gasteiger partial charge in [-0.15, -0.1) is 11.3 Å². The molecule has 0 saturated heterocycles. The highest BCUT2D eigenvalue weighted by Crippen LogP contribution is 2.16. The average Bonchev–Trinajstić information content (AvgIpc) is 3.27. The zero-order valence-electron chi connectivity index (χ0n) is 15.0. The summed E-state index contributed by atoms with van der Waals surface area (Å²) in [4.78, 5) is 36.9. The van der Waals surface area contributed by atoms with E-state index in [0.717, 1.165) is 0 Å². The van der Waals surface area contributed by atoms with Crippen LogP contribution in [0, 0.1) is 0 Å². The van der Waals surface area contributed by atoms with Crippen LogP contribution < -0.4 is 10.1 Å². The van der Waals surface area contributed by atoms with E-state index in [9.17, 15) is 14.4 Å². The summed E-state index contributed by atoms with van der Waals surface area (Å²) in [6.07, 6.45) is 0. The maximum atomic E-state index is 12.2. The monoisotopic (exact) mass is 395 g/mol. The van der Waals surface area contributed by atoms with Gasteiger partial charge in [-0.2, -0.15) is 0 Å². The number of hydrogen-bond acceptors (Lipinski definition) is 6. The maximum absolute atomic E-state index is 12.2. The second-order valence-electron chi connectivity index (χ2n) is 5.74. The number of ketones is 1. The first-order chi connectivity index (χ1) is 13.6. The Balaban J connectivity index is 1.55. The number of methoxy groups -OCH3 is 1. The molecule has 2 aromatic carbocycles. The summed E-state index contributed by atoms with van der Waals surface area (Å²) in [7, 11) is 1.51. The van der Waals surface area contributed by atoms with Crippen molar-refractivity contribution in [3.8, 4) is 5.75 Å². The van der Waals surface area contributed by atoms with Crippen LogP contribution in [0.25, 0.3) is 0 Å². The minimum absolute atomic E-state index is 0.214. The van der Waals surface area contributed by atoms with Crippen LogP contribution in [0.3, 0.4) is 0 Å². The third-order valence-corrected chi connectivity index (χ3v) is 4.72. The second kappa shape index (κ2) is 8.96. The molecular formula is C21H17NO5S. The quantitative estimate of drug-likeness (QED) is 0.482. The molecule has 1 amide bonds. The predicted octanol–water partition coefficient (Wildman–Crippen LogP) is 4.05. The van der Waals surface area contributed by atoms with Gasteiger partial charge in [-0.25, -0.2) is 4.79 Å². The third kappa shape index (κ3) is 4.83. The Morgan fingerprint density at radius 2 is 1.75 bits per heavy atom. The number of nitrogens with one attached hydrogen (secondary N) is 1. The summed E-state index contributed by atoms with van der Waals surface area (Å²) < 4.78 is 10.2. The van der Waals surface area contributed by atoms with Crippen LogP contribution in [0.2, 0.25) is 0 Å². The van der Waals surface area contributed by atoms with Crippen molar-refractivity contribution >= 4 is 34.7 Å². The lowest BCUT2D eigenvalue weighted by atomic mass is 10.1. The van der Waals surface area contributed by atoms with E-state index in [2.05, 4.69) is 5.32 Å². The molecule has 0 fully saturated rings. The lowest BCUT2D eigenvalue weighted by molar-refractivity contribution is 0.0474. The standard InChI is InChI=1S/C21H17NO5S/c1-26-17-5-2-4-15(12-17)18(23)13-27-21(25)14-7-9-16(10-8-14)22-20(24)19-6-3-11-28-19/h2-12H,13H2,1H3,(H,22,24). The number of benzene rings is 2. The molecule has 0 aliphatic rings. The predicted molar refractivity (Wildman–Crippen MR) is 106 cm³/mol. The van der Waals surface area contributed by atoms with Crippen LogP contribution in [0.15, 0.2) is 66.0 Å². The van der Waals surface area contributed by atoms with Crippen molar-refractivity contribution in [3.05, 3.63) is 82.0 Å². The molecule has 1 aromatic heterocycles. The summed E-state index contributed by atoms with van der Waals surface area (Å²) in [5.74, 6) is -0.606. The molecule has 7 heteroatoms. The number of esters is 1. The summed E-state index contributed by atoms with van der Waals surface area (Å²) in [5.41, 5.74) is 1.24. The molecule has 0 unspecified atom stereocenters. The zero-order chi connectivity index (χ0) is 19.9. The number of anilines is 1. The van der Waals surface area contributed by atoms with E-state index in [1.165, 1.54) is 30.6 Å². The number of hydrogen-bond donors (Lipinski definition) is 1. The molecular weight excluding hydrogens is 378 g/mol. The Bertz CT molecular complexity index is 980. The SMILES string of the molecule is COc1cccc(C(=O)COC(=O)c2ccc(NC(=O)c3cccs3)cc2)c1. The zero-order valence-corrected chi connectivity index (χ0v) is 15.8. The molecule has 0 bridgehead atoms. The van der Waals surface area contributed by atoms with E-state index >= 15 is 0 Å². The molecule has 1 N–H and O–H groups in total. The average molecular weight is 395 g/mol. The topological polar surface area (TPSA) is 81.7 Å². The smallest absolute Gasteiger partial charge is 0.338 e. The number of rotatable bonds is 7. The van der Waals surface area contributed by atoms with Gasteiger partial charge in [0.15, 0.2) is 12.4 Å². The summed E-state index contributed by atoms with van der Waals surface area (Å²) in [6, 6.07) is 16.4. The number of amides is 1. The van der Waals surface area contributed by atoms with Crippen molar-refractivity contribution in [3.63, 3.8) is 0 Å². The van der Waals surface area contributed by atoms with Gasteiger partial charge in [0.05, 0.1) is 17.6 Å². The highest BCUT2D eigenvalue weighted by Gasteiger charge is 2.13. The fourth-order valence-electron chi connectivity index (χ4n) is 2.38. The first kappa shape index (κ1) is 19.3. The molecule has 6 nitrogen and oxygen atoms in total. The number of carbonyl (C=O) groups is 3. The lowest BCUT2D eigenvalue weighted by Crippen LogP contribution is -2.14. The minimum Gasteiger partial charge on any atom is -0.497 e. The van der Waals surface area contributed by atoms with Crippen LogP contribution in [0.5, 0.6) is 5.75 Å². The molecule has 1 heterocycles. The van der Waals surface area contributed by atoms with Gasteiger partial charge >= 0.3 is 5.97 Å². The maximum Gasteiger partial charge on any atom is 0.338 e. The largest absolute Gasteiger partial charge is 0.497 e. The fourth-order valence-corrected chi connectivity index (χ4v) is 3.00. The van der Waals surface area contributed by atoms with Gasteiger partial charge < -0.3 is 14.8 Å². The number of Topliss-reactive ketones (excluding diaryl/α,β-unsaturated/α-hetero) is 1. The summed E-state index contributed by atoms with van der Waals surface area (Å²) in [5, 5.41) is 4.57. The van der Waals surface area contributed by atoms with E-state index in [-0.39, 0.29) is 23.9 Å². The number of carbonyl (C=O) groups excluding carboxylic acids is 3. The van der Waals surface area contributed by atoms with Crippen LogP contribution in [0.1, 0.15) is 30.4 Å². The van der Waals surface area contributed by atoms with Gasteiger partial charge in [-0.05, 0) is 47.8 Å². The van der Waals surface area contributed by atoms with E-state index in [0.29, 0.717) is 21.9 Å². The minimum atomic E-state index is -0.618. The fraction of sp³-hybridized carbons (Fsp3) is 0.0952. The summed E-state index contributed by atoms with van der Waals surface area (Å²) in [6.45, 7) is -0.372. The molecule has 0 atom stereocenters. The molecule has 0 aliphatic heterocycles. The Morgan fingerprint density at radius 1 is 0.964 bits per heavy atom. The van der Waals surface area contributed by atoms with Crippen molar-refractivity contribution < 1.29 is 23.9 Å². The molecule has 0 aliphatic carbocycles. The molecule has 28 heavy (non-hydrogen) atoms. The summed E-state index contributed by atoms with van der Waals surface area (Å²) >= 11 is 1.34. The van der Waals surface area contributed by atoms with Gasteiger partial charge in [0.2, 0.25) is 0 Å². The van der Waals surface area contributed by atoms with Crippen molar-refractivity contribution in [2.24, 2.45) is 0 Å². The Labute approximate surface area is 165 Å². The molecule has 0 spiro atoms. The first-order valence-electron chi connectivity index (χ1n) is 8.36. The van der Waals surface area contributed by atoms with Gasteiger partial charge in [-0.1, -0.05) is 18.2 Å². The van der Waals surface area contributed by atoms with Crippen molar-refractivity contribution in [2.75, 3.05) is 19.0 Å². The molecule has 3 rings (SSSR count). The van der Waals surface area contributed by atoms with E-state index < -0.39 is 5.97 Å². The lowest BCUT2D eigenvalue weighted by Gasteiger charge is -2.07. The van der Waals surface area contributed by atoms with Crippen LogP contribution in [-0.4, -0.2) is 31.4 Å². The van der Waals surface area contributed by atoms with Crippen LogP contribution >= 0.6 is 11.3 Å². The van der Waals surface area contributed by atoms with Crippen molar-refractivity contribution in [1.82, 2.24) is 0 Å². The molecule has 142 valence electrons. The highest BCUT2D eigenvalue weighted by molar-refractivity contribution is 7.12. The van der Waals surface area contributed by atoms with Gasteiger partial charge in [0.1, 0.15) is 5.75 Å². The number of thiophene rings is 1. The normalized spacial score (nSPS) is 10.2. The highest BCUT2D eigenvalue weighted by atomic mass is 32.1. The Morgan fingerprint density at radius 3 is 2.43 bits per heavy atom. The number of ether oxygens (including phenoxy) is 2. The molecule has 0 saturated carbocycles. The van der Waals surface area contributed by atoms with Gasteiger partial charge in [0, 0.05) is 11.3 Å². The van der Waals surface area contributed by atoms with Crippen LogP contribution in [-0.2, 0) is 4.74 Å². The van der Waals surface area contributed by atoms with Crippen LogP contribution in [0.4, 0.5) is 5.69 Å². The van der Waals surface area contributed by atoms with E-state index in [4.69, 9.17) is 9.47 Å². The first-order valence-corrected chi connectivity index (χ1v) is 9.24. The van der Waals surface area contributed by atoms with E-state index in [1.807, 2.05) is 5.38 Å². The Kier molecular flexibility index (Phi) is 6.18. The van der Waals surface area contributed by atoms with Gasteiger partial charge in [-0.3, -0.25) is 9.59 Å². The van der Waals surface area contributed by atoms with Gasteiger partial charge in [0.25, 0.3) is 5.91 Å². The van der Waals surface area contributed by atoms with E-state index in [1.54, 1.807) is 48.5 Å². The van der Waals surface area contributed by atoms with Crippen molar-refractivity contribution in [1.29, 1.82) is 0 Å². The van der Waals surface area contributed by atoms with Crippen molar-refractivity contribution in [2.45, 2.75) is 0 Å². The second-order valence-corrected chi connectivity index (χ2v) is 6.69. The molecule has 0 radical (unpaired) electrons. The molecule has 3 aromatic rings. The third-order valence-electron chi connectivity index (χ3n) is 3.85. The Hall–Kier alpha value is -3.45.